The molecule has 0 fully saturated rings. The van der Waals surface area contributed by atoms with Crippen LogP contribution < -0.4 is 0 Å². The molecule has 0 aliphatic rings. The lowest BCUT2D eigenvalue weighted by molar-refractivity contribution is -0.150. The van der Waals surface area contributed by atoms with Gasteiger partial charge in [-0.25, -0.2) is 0 Å². The van der Waals surface area contributed by atoms with E-state index in [-0.39, 0.29) is 30.6 Å². The van der Waals surface area contributed by atoms with Crippen molar-refractivity contribution < 1.29 is 29.0 Å². The highest BCUT2D eigenvalue weighted by molar-refractivity contribution is 7.53. The van der Waals surface area contributed by atoms with Gasteiger partial charge in [-0.2, -0.15) is 0 Å². The topological polar surface area (TPSA) is 104 Å². The van der Waals surface area contributed by atoms with Crippen LogP contribution in [0.25, 0.3) is 0 Å². The van der Waals surface area contributed by atoms with Crippen molar-refractivity contribution in [3.63, 3.8) is 0 Å². The highest BCUT2D eigenvalue weighted by Gasteiger charge is 2.53. The normalized spacial score (nSPS) is 14.0. The van der Waals surface area contributed by atoms with Crippen LogP contribution >= 0.6 is 7.60 Å². The molecule has 0 bridgehead atoms. The molecule has 27 heavy (non-hydrogen) atoms. The van der Waals surface area contributed by atoms with Gasteiger partial charge in [0.15, 0.2) is 0 Å². The Morgan fingerprint density at radius 1 is 1.11 bits per heavy atom. The second kappa shape index (κ2) is 9.22. The lowest BCUT2D eigenvalue weighted by Gasteiger charge is -2.39. The first kappa shape index (κ1) is 23.7. The highest BCUT2D eigenvalue weighted by atomic mass is 31.2. The van der Waals surface area contributed by atoms with Gasteiger partial charge in [-0.1, -0.05) is 39.8 Å². The molecule has 154 valence electrons. The van der Waals surface area contributed by atoms with Crippen LogP contribution in [-0.2, 0) is 19.5 Å². The quantitative estimate of drug-likeness (QED) is 0.398. The average Bonchev–Trinajstić information content (AvgIpc) is 2.58. The van der Waals surface area contributed by atoms with Crippen molar-refractivity contribution in [3.8, 4) is 5.75 Å². The summed E-state index contributed by atoms with van der Waals surface area (Å²) in [6.45, 7) is 9.30. The molecule has 7 heteroatoms. The molecule has 6 nitrogen and oxygen atoms in total. The maximum Gasteiger partial charge on any atom is 0.332 e. The maximum absolute atomic E-state index is 12.7. The van der Waals surface area contributed by atoms with Gasteiger partial charge in [-0.3, -0.25) is 9.36 Å². The predicted octanol–water partition coefficient (Wildman–Crippen LogP) is 4.37. The Kier molecular flexibility index (Phi) is 8.09. The number of hydrogen-bond acceptors (Lipinski definition) is 4. The molecular formula is C20H33O6P. The number of ether oxygens (including phenoxy) is 1. The van der Waals surface area contributed by atoms with E-state index < -0.39 is 24.6 Å². The van der Waals surface area contributed by atoms with E-state index >= 15 is 0 Å². The average molecular weight is 400 g/mol. The van der Waals surface area contributed by atoms with Gasteiger partial charge in [0.05, 0.1) is 17.7 Å². The van der Waals surface area contributed by atoms with E-state index in [9.17, 15) is 24.3 Å². The Balaban J connectivity index is 3.20. The monoisotopic (exact) mass is 400 g/mol. The first-order chi connectivity index (χ1) is 12.4. The van der Waals surface area contributed by atoms with E-state index in [1.807, 2.05) is 26.0 Å². The van der Waals surface area contributed by atoms with Crippen molar-refractivity contribution in [1.29, 1.82) is 0 Å². The largest absolute Gasteiger partial charge is 0.508 e. The minimum absolute atomic E-state index is 0.168. The lowest BCUT2D eigenvalue weighted by Crippen LogP contribution is -2.43. The number of phenolic OH excluding ortho intramolecular Hbond substituents is 1. The molecule has 1 aromatic rings. The van der Waals surface area contributed by atoms with Gasteiger partial charge in [-0.15, -0.1) is 0 Å². The molecule has 1 atom stereocenters. The van der Waals surface area contributed by atoms with Crippen LogP contribution in [-0.4, -0.2) is 32.6 Å². The third-order valence-corrected chi connectivity index (χ3v) is 7.84. The first-order valence-corrected chi connectivity index (χ1v) is 11.1. The summed E-state index contributed by atoms with van der Waals surface area (Å²) in [6.07, 6.45) is 1.23. The zero-order chi connectivity index (χ0) is 20.9. The predicted molar refractivity (Wildman–Crippen MR) is 106 cm³/mol. The number of aromatic hydroxyl groups is 1. The lowest BCUT2D eigenvalue weighted by atomic mass is 9.75. The number of carbonyl (C=O) groups excluding carboxylic acids is 1. The molecule has 0 saturated carbocycles. The van der Waals surface area contributed by atoms with Crippen LogP contribution in [0, 0.1) is 5.92 Å². The third kappa shape index (κ3) is 5.34. The van der Waals surface area contributed by atoms with Crippen molar-refractivity contribution in [2.75, 3.05) is 6.61 Å². The van der Waals surface area contributed by atoms with E-state index in [1.165, 1.54) is 0 Å². The number of hydrogen-bond donors (Lipinski definition) is 3. The van der Waals surface area contributed by atoms with Crippen LogP contribution in [0.2, 0.25) is 0 Å². The molecule has 1 aromatic carbocycles. The molecule has 1 unspecified atom stereocenters. The van der Waals surface area contributed by atoms with Gasteiger partial charge in [0.25, 0.3) is 0 Å². The molecule has 0 spiro atoms. The van der Waals surface area contributed by atoms with E-state index in [0.29, 0.717) is 12.8 Å². The van der Waals surface area contributed by atoms with Crippen molar-refractivity contribution in [2.45, 2.75) is 70.9 Å². The summed E-state index contributed by atoms with van der Waals surface area (Å²) < 4.78 is 17.5. The third-order valence-electron chi connectivity index (χ3n) is 5.73. The highest BCUT2D eigenvalue weighted by Crippen LogP contribution is 2.60. The Morgan fingerprint density at radius 2 is 1.63 bits per heavy atom. The zero-order valence-corrected chi connectivity index (χ0v) is 17.8. The Bertz CT molecular complexity index is 658. The maximum atomic E-state index is 12.7. The van der Waals surface area contributed by atoms with Crippen molar-refractivity contribution in [1.82, 2.24) is 0 Å². The van der Waals surface area contributed by atoms with E-state index in [1.54, 1.807) is 32.9 Å². The SMILES string of the molecule is CCOC(=O)C(CCC(C)(C)c1ccc(O)cc1)C(CC)(CC)P(=O)(O)O. The van der Waals surface area contributed by atoms with E-state index in [4.69, 9.17) is 4.74 Å². The van der Waals surface area contributed by atoms with Crippen LogP contribution in [0.4, 0.5) is 0 Å². The molecule has 0 heterocycles. The summed E-state index contributed by atoms with van der Waals surface area (Å²) in [6, 6.07) is 6.87. The van der Waals surface area contributed by atoms with Gasteiger partial charge >= 0.3 is 13.6 Å². The second-order valence-corrected chi connectivity index (χ2v) is 9.61. The minimum Gasteiger partial charge on any atom is -0.508 e. The van der Waals surface area contributed by atoms with Crippen molar-refractivity contribution in [2.24, 2.45) is 5.92 Å². The van der Waals surface area contributed by atoms with Gasteiger partial charge < -0.3 is 19.6 Å². The molecule has 0 amide bonds. The zero-order valence-electron chi connectivity index (χ0n) is 16.9. The van der Waals surface area contributed by atoms with Crippen molar-refractivity contribution >= 4 is 13.6 Å². The molecule has 0 radical (unpaired) electrons. The molecule has 0 aliphatic heterocycles. The standard InChI is InChI=1S/C20H33O6P/c1-6-20(7-2,27(23,24)25)17(18(22)26-8-3)13-14-19(4,5)15-9-11-16(21)12-10-15/h9-12,17,21H,6-8,13-14H2,1-5H3,(H2,23,24,25). The van der Waals surface area contributed by atoms with Crippen LogP contribution in [0.15, 0.2) is 24.3 Å². The molecule has 1 rings (SSSR count). The number of rotatable bonds is 10. The molecule has 3 N–H and O–H groups in total. The smallest absolute Gasteiger partial charge is 0.332 e. The second-order valence-electron chi connectivity index (χ2n) is 7.63. The van der Waals surface area contributed by atoms with Gasteiger partial charge in [0, 0.05) is 0 Å². The van der Waals surface area contributed by atoms with E-state index in [2.05, 4.69) is 0 Å². The first-order valence-electron chi connectivity index (χ1n) is 9.47. The van der Waals surface area contributed by atoms with Crippen LogP contribution in [0.3, 0.4) is 0 Å². The van der Waals surface area contributed by atoms with Gasteiger partial charge in [0.2, 0.25) is 0 Å². The minimum atomic E-state index is -4.53. The fraction of sp³-hybridized carbons (Fsp3) is 0.650. The van der Waals surface area contributed by atoms with Crippen LogP contribution in [0.1, 0.15) is 65.9 Å². The number of carbonyl (C=O) groups is 1. The summed E-state index contributed by atoms with van der Waals surface area (Å²) >= 11 is 0. The number of phenols is 1. The molecule has 0 aliphatic carbocycles. The number of benzene rings is 1. The molecule has 0 saturated heterocycles. The Hall–Kier alpha value is -1.36. The Labute approximate surface area is 162 Å². The summed E-state index contributed by atoms with van der Waals surface area (Å²) in [5.41, 5.74) is 0.651. The summed E-state index contributed by atoms with van der Waals surface area (Å²) in [7, 11) is -4.53. The fourth-order valence-electron chi connectivity index (χ4n) is 3.77. The van der Waals surface area contributed by atoms with Crippen LogP contribution in [0.5, 0.6) is 5.75 Å². The van der Waals surface area contributed by atoms with E-state index in [0.717, 1.165) is 5.56 Å². The Morgan fingerprint density at radius 3 is 2.04 bits per heavy atom. The molecular weight excluding hydrogens is 367 g/mol. The summed E-state index contributed by atoms with van der Waals surface area (Å²) in [4.78, 5) is 32.8. The summed E-state index contributed by atoms with van der Waals surface area (Å²) in [5, 5.41) is 8.06. The number of esters is 1. The van der Waals surface area contributed by atoms with Gasteiger partial charge in [-0.05, 0) is 55.7 Å². The fourth-order valence-corrected chi connectivity index (χ4v) is 5.23. The van der Waals surface area contributed by atoms with Gasteiger partial charge in [0.1, 0.15) is 5.75 Å². The molecule has 0 aromatic heterocycles. The summed E-state index contributed by atoms with van der Waals surface area (Å²) in [5.74, 6) is -1.26. The van der Waals surface area contributed by atoms with Crippen molar-refractivity contribution in [3.05, 3.63) is 29.8 Å².